The first kappa shape index (κ1) is 20.8. The molecule has 0 unspecified atom stereocenters. The maximum atomic E-state index is 14.2. The first-order valence-corrected chi connectivity index (χ1v) is 8.58. The van der Waals surface area contributed by atoms with E-state index in [1.165, 1.54) is 11.0 Å². The van der Waals surface area contributed by atoms with Gasteiger partial charge in [0.2, 0.25) is 0 Å². The number of halogens is 3. The number of nitrogens with one attached hydrogen (secondary N) is 1. The van der Waals surface area contributed by atoms with Crippen molar-refractivity contribution in [3.8, 4) is 5.69 Å². The maximum absolute atomic E-state index is 14.2. The summed E-state index contributed by atoms with van der Waals surface area (Å²) in [7, 11) is 5.25. The zero-order valence-electron chi connectivity index (χ0n) is 16.2. The molecule has 0 saturated carbocycles. The molecule has 1 aromatic carbocycles. The van der Waals surface area contributed by atoms with Gasteiger partial charge >= 0.3 is 6.03 Å². The molecule has 0 saturated heterocycles. The molecule has 5 nitrogen and oxygen atoms in total. The molecule has 2 rings (SSSR count). The van der Waals surface area contributed by atoms with E-state index >= 15 is 0 Å². The number of hydrogen-bond acceptors (Lipinski definition) is 2. The van der Waals surface area contributed by atoms with Gasteiger partial charge in [0.25, 0.3) is 0 Å². The summed E-state index contributed by atoms with van der Waals surface area (Å²) in [4.78, 5) is 15.0. The number of rotatable bonds is 6. The van der Waals surface area contributed by atoms with Crippen molar-refractivity contribution >= 4 is 6.03 Å². The topological polar surface area (TPSA) is 40.5 Å². The number of carbonyl (C=O) groups excluding carboxylic acids is 1. The minimum Gasteiger partial charge on any atom is -0.337 e. The fourth-order valence-corrected chi connectivity index (χ4v) is 2.93. The van der Waals surface area contributed by atoms with Gasteiger partial charge in [0.15, 0.2) is 17.5 Å². The zero-order valence-corrected chi connectivity index (χ0v) is 16.2. The Morgan fingerprint density at radius 3 is 2.41 bits per heavy atom. The Bertz CT molecular complexity index is 833. The van der Waals surface area contributed by atoms with Gasteiger partial charge in [-0.05, 0) is 44.7 Å². The van der Waals surface area contributed by atoms with Crippen molar-refractivity contribution in [1.82, 2.24) is 19.7 Å². The lowest BCUT2D eigenvalue weighted by atomic mass is 10.2. The summed E-state index contributed by atoms with van der Waals surface area (Å²) >= 11 is 0. The molecule has 0 radical (unpaired) electrons. The molecule has 148 valence electrons. The van der Waals surface area contributed by atoms with Gasteiger partial charge in [-0.15, -0.1) is 0 Å². The van der Waals surface area contributed by atoms with Gasteiger partial charge in [0, 0.05) is 45.1 Å². The smallest absolute Gasteiger partial charge is 0.316 e. The first-order chi connectivity index (χ1) is 12.6. The fourth-order valence-electron chi connectivity index (χ4n) is 2.93. The van der Waals surface area contributed by atoms with Crippen molar-refractivity contribution in [3.63, 3.8) is 0 Å². The minimum absolute atomic E-state index is 0.0175. The van der Waals surface area contributed by atoms with Crippen molar-refractivity contribution in [2.75, 3.05) is 34.2 Å². The number of likely N-dealkylation sites (N-methyl/N-ethyl adjacent to an activating group) is 1. The molecule has 2 aromatic rings. The second kappa shape index (κ2) is 8.47. The third-order valence-electron chi connectivity index (χ3n) is 4.41. The Morgan fingerprint density at radius 1 is 1.11 bits per heavy atom. The van der Waals surface area contributed by atoms with E-state index in [0.717, 1.165) is 23.0 Å². The van der Waals surface area contributed by atoms with Crippen LogP contribution in [0.25, 0.3) is 5.69 Å². The highest BCUT2D eigenvalue weighted by atomic mass is 19.2. The van der Waals surface area contributed by atoms with Crippen LogP contribution in [-0.4, -0.2) is 54.6 Å². The van der Waals surface area contributed by atoms with Gasteiger partial charge < -0.3 is 19.7 Å². The van der Waals surface area contributed by atoms with Gasteiger partial charge in [-0.2, -0.15) is 0 Å². The van der Waals surface area contributed by atoms with Crippen LogP contribution in [0, 0.1) is 31.3 Å². The zero-order chi connectivity index (χ0) is 20.3. The molecule has 2 amide bonds. The first-order valence-electron chi connectivity index (χ1n) is 8.58. The van der Waals surface area contributed by atoms with Crippen molar-refractivity contribution in [2.24, 2.45) is 0 Å². The highest BCUT2D eigenvalue weighted by molar-refractivity contribution is 5.73. The number of benzene rings is 1. The van der Waals surface area contributed by atoms with Gasteiger partial charge in [-0.25, -0.2) is 18.0 Å². The van der Waals surface area contributed by atoms with Crippen LogP contribution in [0.2, 0.25) is 0 Å². The molecular weight excluding hydrogens is 357 g/mol. The Hall–Kier alpha value is -2.48. The molecule has 1 heterocycles. The number of urea groups is 1. The molecule has 1 aromatic heterocycles. The van der Waals surface area contributed by atoms with Crippen LogP contribution >= 0.6 is 0 Å². The SMILES string of the molecule is Cc1cc(CN(C)CCNC(=O)N(C)C)c(C)n1-c1ccc(F)c(F)c1F. The third kappa shape index (κ3) is 4.63. The third-order valence-corrected chi connectivity index (χ3v) is 4.41. The van der Waals surface area contributed by atoms with E-state index in [2.05, 4.69) is 5.32 Å². The van der Waals surface area contributed by atoms with E-state index in [0.29, 0.717) is 19.6 Å². The number of carbonyl (C=O) groups is 1. The molecule has 0 aliphatic heterocycles. The molecule has 0 spiro atoms. The monoisotopic (exact) mass is 382 g/mol. The lowest BCUT2D eigenvalue weighted by molar-refractivity contribution is 0.215. The van der Waals surface area contributed by atoms with Crippen LogP contribution in [0.4, 0.5) is 18.0 Å². The van der Waals surface area contributed by atoms with E-state index < -0.39 is 17.5 Å². The fraction of sp³-hybridized carbons (Fsp3) is 0.421. The minimum atomic E-state index is -1.48. The van der Waals surface area contributed by atoms with Crippen molar-refractivity contribution < 1.29 is 18.0 Å². The summed E-state index contributed by atoms with van der Waals surface area (Å²) in [5.74, 6) is -3.89. The predicted molar refractivity (Wildman–Crippen MR) is 98.5 cm³/mol. The second-order valence-corrected chi connectivity index (χ2v) is 6.79. The summed E-state index contributed by atoms with van der Waals surface area (Å²) in [5.41, 5.74) is 2.40. The van der Waals surface area contributed by atoms with Gasteiger partial charge in [0.1, 0.15) is 0 Å². The van der Waals surface area contributed by atoms with E-state index in [4.69, 9.17) is 0 Å². The normalized spacial score (nSPS) is 11.1. The lowest BCUT2D eigenvalue weighted by Gasteiger charge is -2.18. The molecule has 8 heteroatoms. The molecule has 27 heavy (non-hydrogen) atoms. The van der Waals surface area contributed by atoms with Crippen LogP contribution < -0.4 is 5.32 Å². The number of hydrogen-bond donors (Lipinski definition) is 1. The molecule has 0 atom stereocenters. The predicted octanol–water partition coefficient (Wildman–Crippen LogP) is 3.21. The summed E-state index contributed by atoms with van der Waals surface area (Å²) in [6.07, 6.45) is 0. The standard InChI is InChI=1S/C19H25F3N4O/c1-12-10-14(11-25(5)9-8-23-19(27)24(3)4)13(2)26(12)16-7-6-15(20)17(21)18(16)22/h6-7,10H,8-9,11H2,1-5H3,(H,23,27). The van der Waals surface area contributed by atoms with Crippen molar-refractivity contribution in [1.29, 1.82) is 0 Å². The lowest BCUT2D eigenvalue weighted by Crippen LogP contribution is -2.38. The average molecular weight is 382 g/mol. The molecular formula is C19H25F3N4O. The average Bonchev–Trinajstić information content (AvgIpc) is 2.87. The number of amides is 2. The van der Waals surface area contributed by atoms with Gasteiger partial charge in [-0.1, -0.05) is 0 Å². The summed E-state index contributed by atoms with van der Waals surface area (Å²) in [6.45, 7) is 5.29. The Labute approximate surface area is 157 Å². The Morgan fingerprint density at radius 2 is 1.78 bits per heavy atom. The highest BCUT2D eigenvalue weighted by Crippen LogP contribution is 2.25. The molecule has 1 N–H and O–H groups in total. The molecule has 0 fully saturated rings. The van der Waals surface area contributed by atoms with E-state index in [1.807, 2.05) is 24.9 Å². The second-order valence-electron chi connectivity index (χ2n) is 6.79. The van der Waals surface area contributed by atoms with Crippen LogP contribution in [0.3, 0.4) is 0 Å². The number of nitrogens with zero attached hydrogens (tertiary/aromatic N) is 3. The van der Waals surface area contributed by atoms with E-state index in [1.54, 1.807) is 25.6 Å². The van der Waals surface area contributed by atoms with E-state index in [9.17, 15) is 18.0 Å². The van der Waals surface area contributed by atoms with Crippen LogP contribution in [-0.2, 0) is 6.54 Å². The van der Waals surface area contributed by atoms with Gasteiger partial charge in [0.05, 0.1) is 5.69 Å². The highest BCUT2D eigenvalue weighted by Gasteiger charge is 2.19. The maximum Gasteiger partial charge on any atom is 0.316 e. The Kier molecular flexibility index (Phi) is 6.54. The summed E-state index contributed by atoms with van der Waals surface area (Å²) in [6, 6.07) is 3.89. The summed E-state index contributed by atoms with van der Waals surface area (Å²) < 4.78 is 42.6. The van der Waals surface area contributed by atoms with Crippen LogP contribution in [0.15, 0.2) is 18.2 Å². The Balaban J connectivity index is 2.14. The van der Waals surface area contributed by atoms with Crippen LogP contribution in [0.5, 0.6) is 0 Å². The quantitative estimate of drug-likeness (QED) is 0.780. The van der Waals surface area contributed by atoms with Crippen molar-refractivity contribution in [3.05, 3.63) is 52.6 Å². The summed E-state index contributed by atoms with van der Waals surface area (Å²) in [5, 5.41) is 2.79. The molecule has 0 aliphatic rings. The van der Waals surface area contributed by atoms with E-state index in [-0.39, 0.29) is 11.7 Å². The van der Waals surface area contributed by atoms with Crippen LogP contribution in [0.1, 0.15) is 17.0 Å². The van der Waals surface area contributed by atoms with Gasteiger partial charge in [-0.3, -0.25) is 0 Å². The molecule has 0 bridgehead atoms. The van der Waals surface area contributed by atoms with Crippen molar-refractivity contribution in [2.45, 2.75) is 20.4 Å². The largest absolute Gasteiger partial charge is 0.337 e. The number of aryl methyl sites for hydroxylation is 1. The number of aromatic nitrogens is 1. The molecule has 0 aliphatic carbocycles.